The van der Waals surface area contributed by atoms with Gasteiger partial charge < -0.3 is 9.13 Å². The first-order valence-corrected chi connectivity index (χ1v) is 20.1. The molecule has 2 aliphatic heterocycles. The summed E-state index contributed by atoms with van der Waals surface area (Å²) in [6.07, 6.45) is 0. The third kappa shape index (κ3) is 3.24. The second-order valence-corrected chi connectivity index (χ2v) is 16.2. The number of aromatic nitrogens is 2. The SMILES string of the molecule is c1cc2c3c(c1)-n1c4c(cccc4c4ccc5c6ccccc6c6ccccc6c5c41)B3c1cccc3c4c5c6ccccc6c6ccccc6c5ccc4n-2c13. The Morgan fingerprint density at radius 1 is 0.263 bits per heavy atom. The summed E-state index contributed by atoms with van der Waals surface area (Å²) < 4.78 is 5.25. The number of fused-ring (bicyclic) bond motifs is 24. The minimum absolute atomic E-state index is 0.102. The molecule has 57 heavy (non-hydrogen) atoms. The molecule has 4 heterocycles. The largest absolute Gasteiger partial charge is 0.310 e. The fourth-order valence-electron chi connectivity index (χ4n) is 11.8. The van der Waals surface area contributed by atoms with Gasteiger partial charge in [-0.2, -0.15) is 0 Å². The van der Waals surface area contributed by atoms with Crippen LogP contribution in [0, 0.1) is 0 Å². The van der Waals surface area contributed by atoms with Crippen molar-refractivity contribution in [3.05, 3.63) is 176 Å². The van der Waals surface area contributed by atoms with Crippen LogP contribution in [0.15, 0.2) is 176 Å². The highest BCUT2D eigenvalue weighted by Gasteiger charge is 2.41. The molecule has 3 heteroatoms. The molecule has 0 aliphatic carbocycles. The Kier molecular flexibility index (Phi) is 5.03. The number of rotatable bonds is 0. The van der Waals surface area contributed by atoms with E-state index in [0.717, 1.165) is 0 Å². The first-order valence-electron chi connectivity index (χ1n) is 20.1. The lowest BCUT2D eigenvalue weighted by Crippen LogP contribution is -2.59. The molecule has 0 bridgehead atoms. The van der Waals surface area contributed by atoms with E-state index in [0.29, 0.717) is 0 Å². The average Bonchev–Trinajstić information content (AvgIpc) is 3.81. The van der Waals surface area contributed by atoms with Gasteiger partial charge in [-0.25, -0.2) is 0 Å². The molecule has 0 saturated heterocycles. The number of benzene rings is 11. The third-order valence-electron chi connectivity index (χ3n) is 13.8. The van der Waals surface area contributed by atoms with E-state index in [1.807, 2.05) is 0 Å². The van der Waals surface area contributed by atoms with Crippen molar-refractivity contribution in [2.45, 2.75) is 0 Å². The Hall–Kier alpha value is -7.36. The maximum atomic E-state index is 2.64. The molecule has 0 atom stereocenters. The first kappa shape index (κ1) is 29.0. The molecular formula is C54H29BN2. The molecule has 0 spiro atoms. The van der Waals surface area contributed by atoms with Crippen LogP contribution >= 0.6 is 0 Å². The van der Waals surface area contributed by atoms with Gasteiger partial charge in [0.15, 0.2) is 0 Å². The lowest BCUT2D eigenvalue weighted by Gasteiger charge is -2.33. The van der Waals surface area contributed by atoms with E-state index in [-0.39, 0.29) is 6.71 Å². The highest BCUT2D eigenvalue weighted by atomic mass is 15.0. The van der Waals surface area contributed by atoms with E-state index in [2.05, 4.69) is 185 Å². The lowest BCUT2D eigenvalue weighted by atomic mass is 9.34. The van der Waals surface area contributed by atoms with Gasteiger partial charge in [0, 0.05) is 54.7 Å². The zero-order valence-electron chi connectivity index (χ0n) is 30.7. The zero-order chi connectivity index (χ0) is 36.7. The van der Waals surface area contributed by atoms with Crippen molar-refractivity contribution in [2.24, 2.45) is 0 Å². The minimum atomic E-state index is 0.102. The van der Waals surface area contributed by atoms with Gasteiger partial charge in [0.25, 0.3) is 6.71 Å². The smallest absolute Gasteiger partial charge is 0.252 e. The van der Waals surface area contributed by atoms with Gasteiger partial charge in [0.1, 0.15) is 0 Å². The van der Waals surface area contributed by atoms with Crippen molar-refractivity contribution < 1.29 is 0 Å². The molecule has 2 aliphatic rings. The van der Waals surface area contributed by atoms with Crippen LogP contribution in [0.1, 0.15) is 0 Å². The molecule has 0 saturated carbocycles. The molecule has 0 amide bonds. The minimum Gasteiger partial charge on any atom is -0.310 e. The van der Waals surface area contributed by atoms with Gasteiger partial charge in [-0.3, -0.25) is 0 Å². The van der Waals surface area contributed by atoms with Gasteiger partial charge in [-0.05, 0) is 88.4 Å². The van der Waals surface area contributed by atoms with Crippen molar-refractivity contribution in [3.8, 4) is 11.4 Å². The molecule has 11 aromatic carbocycles. The summed E-state index contributed by atoms with van der Waals surface area (Å²) in [6.45, 7) is 0.102. The molecule has 0 fully saturated rings. The van der Waals surface area contributed by atoms with E-state index in [1.54, 1.807) is 0 Å². The molecule has 2 aromatic heterocycles. The summed E-state index contributed by atoms with van der Waals surface area (Å²) >= 11 is 0. The van der Waals surface area contributed by atoms with Crippen LogP contribution in [-0.2, 0) is 0 Å². The summed E-state index contributed by atoms with van der Waals surface area (Å²) in [7, 11) is 0. The Morgan fingerprint density at radius 3 is 1.30 bits per heavy atom. The Balaban J connectivity index is 1.15. The van der Waals surface area contributed by atoms with Crippen LogP contribution < -0.4 is 16.4 Å². The maximum absolute atomic E-state index is 2.64. The fraction of sp³-hybridized carbons (Fsp3) is 0. The summed E-state index contributed by atoms with van der Waals surface area (Å²) in [4.78, 5) is 0. The molecule has 13 aromatic rings. The Labute approximate surface area is 326 Å². The highest BCUT2D eigenvalue weighted by Crippen LogP contribution is 2.47. The molecule has 258 valence electrons. The number of hydrogen-bond donors (Lipinski definition) is 0. The van der Waals surface area contributed by atoms with Crippen LogP contribution in [0.4, 0.5) is 0 Å². The van der Waals surface area contributed by atoms with Crippen molar-refractivity contribution in [1.82, 2.24) is 9.13 Å². The van der Waals surface area contributed by atoms with Gasteiger partial charge in [0.2, 0.25) is 0 Å². The average molecular weight is 717 g/mol. The highest BCUT2D eigenvalue weighted by molar-refractivity contribution is 7.00. The monoisotopic (exact) mass is 716 g/mol. The zero-order valence-corrected chi connectivity index (χ0v) is 30.7. The molecular weight excluding hydrogens is 687 g/mol. The van der Waals surface area contributed by atoms with Crippen LogP contribution in [0.5, 0.6) is 0 Å². The van der Waals surface area contributed by atoms with E-state index < -0.39 is 0 Å². The Bertz CT molecular complexity index is 3970. The molecule has 0 unspecified atom stereocenters. The maximum Gasteiger partial charge on any atom is 0.252 e. The predicted octanol–water partition coefficient (Wildman–Crippen LogP) is 11.9. The van der Waals surface area contributed by atoms with Crippen molar-refractivity contribution >= 4 is 131 Å². The molecule has 0 radical (unpaired) electrons. The van der Waals surface area contributed by atoms with Crippen molar-refractivity contribution in [3.63, 3.8) is 0 Å². The normalized spacial score (nSPS) is 13.2. The van der Waals surface area contributed by atoms with E-state index in [4.69, 9.17) is 0 Å². The topological polar surface area (TPSA) is 9.86 Å². The predicted molar refractivity (Wildman–Crippen MR) is 245 cm³/mol. The number of para-hydroxylation sites is 2. The Morgan fingerprint density at radius 2 is 0.667 bits per heavy atom. The van der Waals surface area contributed by atoms with Gasteiger partial charge in [0.05, 0.1) is 11.0 Å². The van der Waals surface area contributed by atoms with Gasteiger partial charge in [-0.1, -0.05) is 158 Å². The third-order valence-corrected chi connectivity index (χ3v) is 13.8. The van der Waals surface area contributed by atoms with Crippen LogP contribution in [-0.4, -0.2) is 15.8 Å². The quantitative estimate of drug-likeness (QED) is 0.109. The molecule has 0 N–H and O–H groups in total. The standard InChI is InChI=1S/C54H29BN2/c1-3-16-34-30(12-1)32-14-5-7-18-36(32)48-38(34)28-29-45-50(48)42-21-10-23-44-53(42)56(45)46-24-11-25-47-51(46)55(44)43-22-9-20-40-41-27-26-39-35-17-4-2-13-31(35)33-15-6-8-19-37(33)49(39)54(41)57(47)52(40)43/h1-29H. The summed E-state index contributed by atoms with van der Waals surface area (Å²) in [5, 5.41) is 21.1. The second-order valence-electron chi connectivity index (χ2n) is 16.2. The molecule has 15 rings (SSSR count). The first-order chi connectivity index (χ1) is 28.3. The summed E-state index contributed by atoms with van der Waals surface area (Å²) in [6, 6.07) is 66.7. The van der Waals surface area contributed by atoms with Crippen molar-refractivity contribution in [1.29, 1.82) is 0 Å². The lowest BCUT2D eigenvalue weighted by molar-refractivity contribution is 1.15. The van der Waals surface area contributed by atoms with Crippen LogP contribution in [0.25, 0.3) is 120 Å². The van der Waals surface area contributed by atoms with E-state index in [1.165, 1.54) is 136 Å². The van der Waals surface area contributed by atoms with Gasteiger partial charge in [-0.15, -0.1) is 0 Å². The fourth-order valence-corrected chi connectivity index (χ4v) is 11.8. The van der Waals surface area contributed by atoms with Crippen LogP contribution in [0.3, 0.4) is 0 Å². The molecule has 2 nitrogen and oxygen atoms in total. The van der Waals surface area contributed by atoms with Crippen LogP contribution in [0.2, 0.25) is 0 Å². The van der Waals surface area contributed by atoms with Crippen molar-refractivity contribution in [2.75, 3.05) is 0 Å². The second kappa shape index (κ2) is 9.89. The van der Waals surface area contributed by atoms with E-state index >= 15 is 0 Å². The summed E-state index contributed by atoms with van der Waals surface area (Å²) in [5.41, 5.74) is 11.9. The van der Waals surface area contributed by atoms with Gasteiger partial charge >= 0.3 is 0 Å². The van der Waals surface area contributed by atoms with E-state index in [9.17, 15) is 0 Å². The number of hydrogen-bond acceptors (Lipinski definition) is 0. The number of nitrogens with zero attached hydrogens (tertiary/aromatic N) is 2. The summed E-state index contributed by atoms with van der Waals surface area (Å²) in [5.74, 6) is 0.